The van der Waals surface area contributed by atoms with Crippen LogP contribution in [-0.2, 0) is 9.47 Å². The number of fused-ring (bicyclic) bond motifs is 1. The Hall–Kier alpha value is -1.69. The van der Waals surface area contributed by atoms with E-state index in [0.29, 0.717) is 12.6 Å². The summed E-state index contributed by atoms with van der Waals surface area (Å²) < 4.78 is 10.6. The zero-order chi connectivity index (χ0) is 13.9. The van der Waals surface area contributed by atoms with Crippen LogP contribution in [0.3, 0.4) is 0 Å². The van der Waals surface area contributed by atoms with Gasteiger partial charge in [-0.3, -0.25) is 4.98 Å². The van der Waals surface area contributed by atoms with Crippen molar-refractivity contribution in [3.63, 3.8) is 0 Å². The fraction of sp³-hybridized carbons (Fsp3) is 0.643. The zero-order valence-electron chi connectivity index (χ0n) is 11.6. The van der Waals surface area contributed by atoms with Crippen LogP contribution in [0.5, 0.6) is 0 Å². The fourth-order valence-corrected chi connectivity index (χ4v) is 3.08. The number of nitrogens with zero attached hydrogens (tertiary/aromatic N) is 3. The Morgan fingerprint density at radius 2 is 2.25 bits per heavy atom. The second-order valence-corrected chi connectivity index (χ2v) is 5.21. The summed E-state index contributed by atoms with van der Waals surface area (Å²) in [5.74, 6) is 0.293. The van der Waals surface area contributed by atoms with Gasteiger partial charge in [0.1, 0.15) is 5.82 Å². The third-order valence-electron chi connectivity index (χ3n) is 4.04. The van der Waals surface area contributed by atoms with Crippen LogP contribution in [0.1, 0.15) is 36.2 Å². The van der Waals surface area contributed by atoms with E-state index in [9.17, 15) is 4.79 Å². The van der Waals surface area contributed by atoms with Crippen molar-refractivity contribution >= 4 is 11.8 Å². The molecule has 1 aromatic rings. The van der Waals surface area contributed by atoms with E-state index in [1.54, 1.807) is 6.20 Å². The van der Waals surface area contributed by atoms with E-state index in [1.807, 2.05) is 0 Å². The summed E-state index contributed by atoms with van der Waals surface area (Å²) in [7, 11) is 1.35. The predicted octanol–water partition coefficient (Wildman–Crippen LogP) is 1.41. The van der Waals surface area contributed by atoms with E-state index in [-0.39, 0.29) is 11.8 Å². The van der Waals surface area contributed by atoms with Crippen molar-refractivity contribution in [2.24, 2.45) is 0 Å². The van der Waals surface area contributed by atoms with Gasteiger partial charge in [0, 0.05) is 6.54 Å². The van der Waals surface area contributed by atoms with Gasteiger partial charge >= 0.3 is 5.97 Å². The SMILES string of the molecule is COC(=O)c1cncc(N2CCOC3CCCCC32)n1. The third-order valence-corrected chi connectivity index (χ3v) is 4.04. The molecule has 0 spiro atoms. The van der Waals surface area contributed by atoms with Gasteiger partial charge in [-0.1, -0.05) is 12.8 Å². The van der Waals surface area contributed by atoms with Crippen LogP contribution >= 0.6 is 0 Å². The first-order chi connectivity index (χ1) is 9.79. The van der Waals surface area contributed by atoms with Crippen molar-refractivity contribution in [1.29, 1.82) is 0 Å². The Morgan fingerprint density at radius 3 is 3.10 bits per heavy atom. The summed E-state index contributed by atoms with van der Waals surface area (Å²) in [5, 5.41) is 0. The zero-order valence-corrected chi connectivity index (χ0v) is 11.6. The highest BCUT2D eigenvalue weighted by atomic mass is 16.5. The van der Waals surface area contributed by atoms with Crippen LogP contribution in [-0.4, -0.2) is 48.3 Å². The number of carbonyl (C=O) groups is 1. The van der Waals surface area contributed by atoms with Crippen molar-refractivity contribution < 1.29 is 14.3 Å². The van der Waals surface area contributed by atoms with Crippen LogP contribution in [0, 0.1) is 0 Å². The standard InChI is InChI=1S/C14H19N3O3/c1-19-14(18)10-8-15-9-13(16-10)17-6-7-20-12-5-3-2-4-11(12)17/h8-9,11-12H,2-7H2,1H3. The second kappa shape index (κ2) is 5.75. The number of rotatable bonds is 2. The molecular formula is C14H19N3O3. The average Bonchev–Trinajstić information content (AvgIpc) is 2.53. The first-order valence-electron chi connectivity index (χ1n) is 7.08. The summed E-state index contributed by atoms with van der Waals surface area (Å²) in [6.07, 6.45) is 8.08. The van der Waals surface area contributed by atoms with E-state index in [1.165, 1.54) is 26.1 Å². The highest BCUT2D eigenvalue weighted by Crippen LogP contribution is 2.30. The lowest BCUT2D eigenvalue weighted by molar-refractivity contribution is -0.00902. The predicted molar refractivity (Wildman–Crippen MR) is 72.7 cm³/mol. The number of esters is 1. The Labute approximate surface area is 118 Å². The molecule has 108 valence electrons. The first-order valence-corrected chi connectivity index (χ1v) is 7.08. The van der Waals surface area contributed by atoms with E-state index in [4.69, 9.17) is 9.47 Å². The molecule has 0 aromatic carbocycles. The molecule has 0 amide bonds. The third kappa shape index (κ3) is 2.47. The molecular weight excluding hydrogens is 258 g/mol. The van der Waals surface area contributed by atoms with Gasteiger partial charge in [0.25, 0.3) is 0 Å². The highest BCUT2D eigenvalue weighted by Gasteiger charge is 2.35. The van der Waals surface area contributed by atoms with Crippen LogP contribution in [0.2, 0.25) is 0 Å². The summed E-state index contributed by atoms with van der Waals surface area (Å²) in [6, 6.07) is 0.347. The molecule has 2 aliphatic rings. The second-order valence-electron chi connectivity index (χ2n) is 5.21. The van der Waals surface area contributed by atoms with Crippen molar-refractivity contribution in [3.05, 3.63) is 18.1 Å². The van der Waals surface area contributed by atoms with Gasteiger partial charge in [-0.25, -0.2) is 9.78 Å². The highest BCUT2D eigenvalue weighted by molar-refractivity contribution is 5.87. The number of hydrogen-bond acceptors (Lipinski definition) is 6. The van der Waals surface area contributed by atoms with Gasteiger partial charge in [0.15, 0.2) is 5.69 Å². The minimum atomic E-state index is -0.451. The molecule has 3 rings (SSSR count). The monoisotopic (exact) mass is 277 g/mol. The number of methoxy groups -OCH3 is 1. The van der Waals surface area contributed by atoms with Crippen molar-refractivity contribution in [3.8, 4) is 0 Å². The molecule has 1 saturated heterocycles. The summed E-state index contributed by atoms with van der Waals surface area (Å²) in [4.78, 5) is 22.3. The lowest BCUT2D eigenvalue weighted by atomic mass is 9.90. The molecule has 2 fully saturated rings. The maximum Gasteiger partial charge on any atom is 0.358 e. The number of anilines is 1. The average molecular weight is 277 g/mol. The quantitative estimate of drug-likeness (QED) is 0.762. The van der Waals surface area contributed by atoms with Crippen LogP contribution < -0.4 is 4.90 Å². The van der Waals surface area contributed by atoms with Crippen LogP contribution in [0.4, 0.5) is 5.82 Å². The molecule has 6 nitrogen and oxygen atoms in total. The summed E-state index contributed by atoms with van der Waals surface area (Å²) in [5.41, 5.74) is 0.254. The molecule has 1 saturated carbocycles. The lowest BCUT2D eigenvalue weighted by Crippen LogP contribution is -2.53. The maximum atomic E-state index is 11.6. The Morgan fingerprint density at radius 1 is 1.40 bits per heavy atom. The molecule has 0 radical (unpaired) electrons. The summed E-state index contributed by atoms with van der Waals surface area (Å²) in [6.45, 7) is 1.49. The molecule has 1 aliphatic carbocycles. The molecule has 1 aromatic heterocycles. The van der Waals surface area contributed by atoms with Gasteiger partial charge in [0.2, 0.25) is 0 Å². The van der Waals surface area contributed by atoms with Crippen molar-refractivity contribution in [2.75, 3.05) is 25.2 Å². The molecule has 0 N–H and O–H groups in total. The van der Waals surface area contributed by atoms with E-state index in [0.717, 1.165) is 25.2 Å². The van der Waals surface area contributed by atoms with Crippen LogP contribution in [0.25, 0.3) is 0 Å². The van der Waals surface area contributed by atoms with Gasteiger partial charge in [-0.2, -0.15) is 0 Å². The van der Waals surface area contributed by atoms with E-state index >= 15 is 0 Å². The molecule has 2 heterocycles. The molecule has 6 heteroatoms. The van der Waals surface area contributed by atoms with Gasteiger partial charge < -0.3 is 14.4 Å². The Kier molecular flexibility index (Phi) is 3.82. The van der Waals surface area contributed by atoms with Crippen molar-refractivity contribution in [1.82, 2.24) is 9.97 Å². The number of hydrogen-bond donors (Lipinski definition) is 0. The number of carbonyl (C=O) groups excluding carboxylic acids is 1. The Balaban J connectivity index is 1.85. The smallest absolute Gasteiger partial charge is 0.358 e. The van der Waals surface area contributed by atoms with Gasteiger partial charge in [0.05, 0.1) is 38.3 Å². The fourth-order valence-electron chi connectivity index (χ4n) is 3.08. The van der Waals surface area contributed by atoms with E-state index < -0.39 is 5.97 Å². The number of aromatic nitrogens is 2. The molecule has 2 unspecified atom stereocenters. The summed E-state index contributed by atoms with van der Waals surface area (Å²) >= 11 is 0. The lowest BCUT2D eigenvalue weighted by Gasteiger charge is -2.44. The van der Waals surface area contributed by atoms with E-state index in [2.05, 4.69) is 14.9 Å². The normalized spacial score (nSPS) is 25.9. The largest absolute Gasteiger partial charge is 0.464 e. The molecule has 2 atom stereocenters. The molecule has 20 heavy (non-hydrogen) atoms. The number of morpholine rings is 1. The molecule has 1 aliphatic heterocycles. The van der Waals surface area contributed by atoms with Gasteiger partial charge in [-0.05, 0) is 12.8 Å². The van der Waals surface area contributed by atoms with Crippen LogP contribution in [0.15, 0.2) is 12.4 Å². The topological polar surface area (TPSA) is 64.5 Å². The maximum absolute atomic E-state index is 11.6. The minimum Gasteiger partial charge on any atom is -0.464 e. The Bertz CT molecular complexity index is 492. The van der Waals surface area contributed by atoms with Gasteiger partial charge in [-0.15, -0.1) is 0 Å². The first kappa shape index (κ1) is 13.3. The number of ether oxygens (including phenoxy) is 2. The molecule has 0 bridgehead atoms. The van der Waals surface area contributed by atoms with Crippen molar-refractivity contribution in [2.45, 2.75) is 37.8 Å². The minimum absolute atomic E-state index is 0.254.